The number of fused-ring (bicyclic) bond motifs is 1. The molecule has 1 saturated carbocycles. The van der Waals surface area contributed by atoms with Crippen molar-refractivity contribution in [2.45, 2.75) is 85.5 Å². The molecule has 2 aromatic rings. The quantitative estimate of drug-likeness (QED) is 0.783. The van der Waals surface area contributed by atoms with Gasteiger partial charge >= 0.3 is 0 Å². The van der Waals surface area contributed by atoms with E-state index in [9.17, 15) is 4.79 Å². The van der Waals surface area contributed by atoms with Crippen LogP contribution in [0.5, 0.6) is 0 Å². The first kappa shape index (κ1) is 21.8. The number of anilines is 1. The molecule has 0 unspecified atom stereocenters. The number of hydrogen-bond donors (Lipinski definition) is 1. The van der Waals surface area contributed by atoms with Gasteiger partial charge in [-0.25, -0.2) is 4.98 Å². The van der Waals surface area contributed by atoms with E-state index < -0.39 is 0 Å². The molecule has 1 fully saturated rings. The summed E-state index contributed by atoms with van der Waals surface area (Å²) in [7, 11) is 1.83. The molecule has 0 aromatic carbocycles. The fourth-order valence-corrected chi connectivity index (χ4v) is 4.26. The van der Waals surface area contributed by atoms with Crippen LogP contribution in [0.25, 0.3) is 11.0 Å². The molecule has 0 aliphatic heterocycles. The smallest absolute Gasteiger partial charge is 0.278 e. The summed E-state index contributed by atoms with van der Waals surface area (Å²) >= 11 is 0. The van der Waals surface area contributed by atoms with Gasteiger partial charge in [-0.1, -0.05) is 60.8 Å². The van der Waals surface area contributed by atoms with Crippen LogP contribution in [0.3, 0.4) is 0 Å². The lowest BCUT2D eigenvalue weighted by Gasteiger charge is -2.32. The summed E-state index contributed by atoms with van der Waals surface area (Å²) in [5, 5.41) is 4.64. The summed E-state index contributed by atoms with van der Waals surface area (Å²) in [5.74, 6) is 1.39. The van der Waals surface area contributed by atoms with Crippen molar-refractivity contribution in [1.29, 1.82) is 0 Å². The second-order valence-electron chi connectivity index (χ2n) is 11.1. The minimum atomic E-state index is -0.169. The predicted octanol–water partition coefficient (Wildman–Crippen LogP) is 4.78. The molecule has 1 aliphatic carbocycles. The average Bonchev–Trinajstić information content (AvgIpc) is 2.96. The molecule has 6 nitrogen and oxygen atoms in total. The highest BCUT2D eigenvalue weighted by atomic mass is 16.1. The first-order valence-electron chi connectivity index (χ1n) is 11.2. The van der Waals surface area contributed by atoms with E-state index >= 15 is 0 Å². The lowest BCUT2D eigenvalue weighted by atomic mass is 9.88. The number of aromatic nitrogens is 4. The van der Waals surface area contributed by atoms with Gasteiger partial charge in [-0.2, -0.15) is 5.10 Å². The summed E-state index contributed by atoms with van der Waals surface area (Å²) in [6, 6.07) is 0. The van der Waals surface area contributed by atoms with Crippen molar-refractivity contribution in [2.75, 3.05) is 18.0 Å². The van der Waals surface area contributed by atoms with Crippen LogP contribution in [0.4, 0.5) is 5.95 Å². The summed E-state index contributed by atoms with van der Waals surface area (Å²) in [4.78, 5) is 23.4. The van der Waals surface area contributed by atoms with Gasteiger partial charge in [0.1, 0.15) is 5.52 Å². The predicted molar refractivity (Wildman–Crippen MR) is 121 cm³/mol. The van der Waals surface area contributed by atoms with Crippen molar-refractivity contribution < 1.29 is 0 Å². The monoisotopic (exact) mass is 401 g/mol. The highest BCUT2D eigenvalue weighted by Crippen LogP contribution is 2.29. The molecular weight excluding hydrogens is 362 g/mol. The SMILES string of the molecule is Cn1nc(C(C)(C)C)c2nc(N(CCC(C)(C)C)CC3CCCCC3)[nH]c(=O)c21. The lowest BCUT2D eigenvalue weighted by Crippen LogP contribution is -2.35. The Bertz CT molecular complexity index is 891. The third-order valence-corrected chi connectivity index (χ3v) is 6.03. The minimum Gasteiger partial charge on any atom is -0.342 e. The molecule has 29 heavy (non-hydrogen) atoms. The summed E-state index contributed by atoms with van der Waals surface area (Å²) < 4.78 is 1.67. The molecule has 162 valence electrons. The molecule has 2 heterocycles. The van der Waals surface area contributed by atoms with E-state index in [1.165, 1.54) is 32.1 Å². The van der Waals surface area contributed by atoms with E-state index in [1.807, 2.05) is 7.05 Å². The van der Waals surface area contributed by atoms with Crippen molar-refractivity contribution in [3.63, 3.8) is 0 Å². The largest absolute Gasteiger partial charge is 0.342 e. The fourth-order valence-electron chi connectivity index (χ4n) is 4.26. The minimum absolute atomic E-state index is 0.0973. The van der Waals surface area contributed by atoms with E-state index in [2.05, 4.69) is 56.5 Å². The molecule has 0 spiro atoms. The van der Waals surface area contributed by atoms with Gasteiger partial charge in [0.05, 0.1) is 5.69 Å². The number of nitrogens with zero attached hydrogens (tertiary/aromatic N) is 4. The molecule has 0 radical (unpaired) electrons. The Morgan fingerprint density at radius 2 is 1.76 bits per heavy atom. The van der Waals surface area contributed by atoms with Crippen molar-refractivity contribution in [3.05, 3.63) is 16.0 Å². The Morgan fingerprint density at radius 3 is 2.34 bits per heavy atom. The van der Waals surface area contributed by atoms with Crippen molar-refractivity contribution in [3.8, 4) is 0 Å². The van der Waals surface area contributed by atoms with Crippen LogP contribution in [0.1, 0.15) is 85.8 Å². The van der Waals surface area contributed by atoms with Gasteiger partial charge in [0, 0.05) is 25.6 Å². The molecular formula is C23H39N5O. The molecule has 0 atom stereocenters. The van der Waals surface area contributed by atoms with Crippen LogP contribution in [0.15, 0.2) is 4.79 Å². The van der Waals surface area contributed by atoms with E-state index in [4.69, 9.17) is 4.98 Å². The van der Waals surface area contributed by atoms with Gasteiger partial charge in [0.15, 0.2) is 5.52 Å². The number of nitrogens with one attached hydrogen (secondary N) is 1. The second-order valence-corrected chi connectivity index (χ2v) is 11.1. The first-order chi connectivity index (χ1) is 13.5. The zero-order valence-electron chi connectivity index (χ0n) is 19.4. The van der Waals surface area contributed by atoms with Crippen LogP contribution in [-0.4, -0.2) is 32.8 Å². The van der Waals surface area contributed by atoms with Crippen molar-refractivity contribution in [2.24, 2.45) is 18.4 Å². The van der Waals surface area contributed by atoms with Crippen LogP contribution in [0.2, 0.25) is 0 Å². The molecule has 0 amide bonds. The Labute approximate surface area is 175 Å². The Balaban J connectivity index is 2.02. The molecule has 6 heteroatoms. The third-order valence-electron chi connectivity index (χ3n) is 6.03. The van der Waals surface area contributed by atoms with E-state index in [0.29, 0.717) is 17.4 Å². The average molecular weight is 402 g/mol. The molecule has 0 saturated heterocycles. The summed E-state index contributed by atoms with van der Waals surface area (Å²) in [6.45, 7) is 15.0. The number of H-pyrrole nitrogens is 1. The van der Waals surface area contributed by atoms with Crippen LogP contribution in [0, 0.1) is 11.3 Å². The number of hydrogen-bond acceptors (Lipinski definition) is 4. The normalized spacial score (nSPS) is 16.5. The maximum Gasteiger partial charge on any atom is 0.278 e. The van der Waals surface area contributed by atoms with E-state index in [-0.39, 0.29) is 16.4 Å². The van der Waals surface area contributed by atoms with E-state index in [1.54, 1.807) is 4.68 Å². The number of aromatic amines is 1. The third kappa shape index (κ3) is 5.20. The van der Waals surface area contributed by atoms with Gasteiger partial charge in [-0.05, 0) is 30.6 Å². The zero-order chi connectivity index (χ0) is 21.4. The second kappa shape index (κ2) is 8.11. The molecule has 0 bridgehead atoms. The highest BCUT2D eigenvalue weighted by Gasteiger charge is 2.27. The van der Waals surface area contributed by atoms with Gasteiger partial charge in [0.25, 0.3) is 5.56 Å². The zero-order valence-corrected chi connectivity index (χ0v) is 19.4. The van der Waals surface area contributed by atoms with Gasteiger partial charge in [0.2, 0.25) is 5.95 Å². The van der Waals surface area contributed by atoms with E-state index in [0.717, 1.165) is 30.7 Å². The first-order valence-corrected chi connectivity index (χ1v) is 11.2. The van der Waals surface area contributed by atoms with Crippen LogP contribution >= 0.6 is 0 Å². The summed E-state index contributed by atoms with van der Waals surface area (Å²) in [5.41, 5.74) is 2.16. The maximum absolute atomic E-state index is 13.0. The van der Waals surface area contributed by atoms with Crippen LogP contribution in [-0.2, 0) is 12.5 Å². The number of rotatable bonds is 5. The Hall–Kier alpha value is -1.85. The molecule has 1 aliphatic rings. The molecule has 3 rings (SSSR count). The molecule has 2 aromatic heterocycles. The number of aryl methyl sites for hydroxylation is 1. The Morgan fingerprint density at radius 1 is 1.10 bits per heavy atom. The fraction of sp³-hybridized carbons (Fsp3) is 0.783. The lowest BCUT2D eigenvalue weighted by molar-refractivity contribution is 0.339. The van der Waals surface area contributed by atoms with Gasteiger partial charge in [-0.15, -0.1) is 0 Å². The van der Waals surface area contributed by atoms with Crippen molar-refractivity contribution in [1.82, 2.24) is 19.7 Å². The topological polar surface area (TPSA) is 66.8 Å². The molecule has 1 N–H and O–H groups in total. The van der Waals surface area contributed by atoms with Gasteiger partial charge in [-0.3, -0.25) is 14.5 Å². The Kier molecular flexibility index (Phi) is 6.11. The van der Waals surface area contributed by atoms with Crippen molar-refractivity contribution >= 4 is 17.0 Å². The van der Waals surface area contributed by atoms with Gasteiger partial charge < -0.3 is 4.90 Å². The summed E-state index contributed by atoms with van der Waals surface area (Å²) in [6.07, 6.45) is 7.59. The highest BCUT2D eigenvalue weighted by molar-refractivity contribution is 5.78. The van der Waals surface area contributed by atoms with Crippen LogP contribution < -0.4 is 10.5 Å². The maximum atomic E-state index is 13.0. The standard InChI is InChI=1S/C23H39N5O/c1-22(2,3)13-14-28(15-16-11-9-8-10-12-16)21-24-17-18(20(29)25-21)27(7)26-19(17)23(4,5)6/h16H,8-15H2,1-7H3,(H,24,25,29).